The molecule has 1 unspecified atom stereocenters. The number of nitrogens with one attached hydrogen (secondary N) is 1. The second-order valence-electron chi connectivity index (χ2n) is 3.45. The number of imidazole rings is 1. The summed E-state index contributed by atoms with van der Waals surface area (Å²) < 4.78 is 11.2. The lowest BCUT2D eigenvalue weighted by Crippen LogP contribution is -1.88. The molecule has 0 bridgehead atoms. The fraction of sp³-hybridized carbons (Fsp3) is 0.300. The molecule has 1 N–H and O–H groups in total. The van der Waals surface area contributed by atoms with Gasteiger partial charge in [0, 0.05) is 6.26 Å². The SMILES string of the molecule is Cc1cc2nc(S(C)=O)[nH]c2cc1C. The van der Waals surface area contributed by atoms with Crippen LogP contribution < -0.4 is 0 Å². The van der Waals surface area contributed by atoms with Crippen LogP contribution in [0, 0.1) is 13.8 Å². The maximum absolute atomic E-state index is 11.2. The largest absolute Gasteiger partial charge is 0.331 e. The number of fused-ring (bicyclic) bond motifs is 1. The molecule has 0 fully saturated rings. The summed E-state index contributed by atoms with van der Waals surface area (Å²) in [4.78, 5) is 7.31. The predicted octanol–water partition coefficient (Wildman–Crippen LogP) is 1.92. The quantitative estimate of drug-likeness (QED) is 0.778. The highest BCUT2D eigenvalue weighted by atomic mass is 32.2. The van der Waals surface area contributed by atoms with Crippen LogP contribution in [0.4, 0.5) is 0 Å². The Balaban J connectivity index is 2.72. The predicted molar refractivity (Wildman–Crippen MR) is 57.9 cm³/mol. The number of H-pyrrole nitrogens is 1. The van der Waals surface area contributed by atoms with Crippen molar-refractivity contribution < 1.29 is 4.21 Å². The molecule has 0 amide bonds. The van der Waals surface area contributed by atoms with Gasteiger partial charge in [0.2, 0.25) is 0 Å². The number of aryl methyl sites for hydroxylation is 2. The van der Waals surface area contributed by atoms with Gasteiger partial charge in [0.05, 0.1) is 21.8 Å². The van der Waals surface area contributed by atoms with Crippen molar-refractivity contribution in [2.24, 2.45) is 0 Å². The van der Waals surface area contributed by atoms with E-state index in [-0.39, 0.29) is 0 Å². The Morgan fingerprint density at radius 2 is 1.93 bits per heavy atom. The van der Waals surface area contributed by atoms with E-state index in [0.29, 0.717) is 5.16 Å². The number of aromatic nitrogens is 2. The summed E-state index contributed by atoms with van der Waals surface area (Å²) in [6.07, 6.45) is 1.62. The molecule has 1 atom stereocenters. The molecule has 1 heterocycles. The van der Waals surface area contributed by atoms with E-state index in [2.05, 4.69) is 16.9 Å². The molecule has 0 aliphatic rings. The summed E-state index contributed by atoms with van der Waals surface area (Å²) in [6, 6.07) is 4.05. The van der Waals surface area contributed by atoms with Crippen LogP contribution in [0.3, 0.4) is 0 Å². The van der Waals surface area contributed by atoms with E-state index in [4.69, 9.17) is 0 Å². The number of rotatable bonds is 1. The van der Waals surface area contributed by atoms with E-state index in [1.54, 1.807) is 6.26 Å². The molecule has 2 aromatic rings. The van der Waals surface area contributed by atoms with E-state index < -0.39 is 10.8 Å². The van der Waals surface area contributed by atoms with Crippen LogP contribution in [0.1, 0.15) is 11.1 Å². The molecule has 3 nitrogen and oxygen atoms in total. The third-order valence-corrected chi connectivity index (χ3v) is 3.09. The lowest BCUT2D eigenvalue weighted by atomic mass is 10.1. The van der Waals surface area contributed by atoms with Gasteiger partial charge in [-0.2, -0.15) is 0 Å². The molecule has 2 rings (SSSR count). The number of nitrogens with zero attached hydrogens (tertiary/aromatic N) is 1. The Morgan fingerprint density at radius 3 is 2.57 bits per heavy atom. The van der Waals surface area contributed by atoms with Crippen molar-refractivity contribution in [1.82, 2.24) is 9.97 Å². The molecule has 1 aromatic heterocycles. The average molecular weight is 208 g/mol. The Morgan fingerprint density at radius 1 is 1.29 bits per heavy atom. The van der Waals surface area contributed by atoms with Gasteiger partial charge in [-0.05, 0) is 37.1 Å². The van der Waals surface area contributed by atoms with Gasteiger partial charge in [-0.25, -0.2) is 4.98 Å². The number of hydrogen-bond acceptors (Lipinski definition) is 2. The van der Waals surface area contributed by atoms with Gasteiger partial charge in [-0.1, -0.05) is 0 Å². The van der Waals surface area contributed by atoms with Crippen molar-refractivity contribution >= 4 is 21.8 Å². The maximum atomic E-state index is 11.2. The molecule has 0 saturated heterocycles. The summed E-state index contributed by atoms with van der Waals surface area (Å²) in [5, 5.41) is 0.546. The first kappa shape index (κ1) is 9.40. The molecular weight excluding hydrogens is 196 g/mol. The van der Waals surface area contributed by atoms with Gasteiger partial charge in [-0.3, -0.25) is 4.21 Å². The first-order chi connectivity index (χ1) is 6.58. The van der Waals surface area contributed by atoms with Crippen molar-refractivity contribution in [2.45, 2.75) is 19.0 Å². The molecular formula is C10H12N2OS. The van der Waals surface area contributed by atoms with Crippen LogP contribution in [0.25, 0.3) is 11.0 Å². The van der Waals surface area contributed by atoms with Crippen molar-refractivity contribution in [3.05, 3.63) is 23.3 Å². The zero-order valence-electron chi connectivity index (χ0n) is 8.42. The molecule has 0 aliphatic carbocycles. The van der Waals surface area contributed by atoms with Crippen LogP contribution in [-0.2, 0) is 10.8 Å². The van der Waals surface area contributed by atoms with Crippen molar-refractivity contribution in [2.75, 3.05) is 6.26 Å². The van der Waals surface area contributed by atoms with E-state index in [1.165, 1.54) is 11.1 Å². The van der Waals surface area contributed by atoms with Crippen LogP contribution in [0.15, 0.2) is 17.3 Å². The average Bonchev–Trinajstić information content (AvgIpc) is 2.48. The minimum atomic E-state index is -1.04. The van der Waals surface area contributed by atoms with Gasteiger partial charge in [0.15, 0.2) is 5.16 Å². The highest BCUT2D eigenvalue weighted by Crippen LogP contribution is 2.17. The normalized spacial score (nSPS) is 13.4. The topological polar surface area (TPSA) is 45.8 Å². The first-order valence-corrected chi connectivity index (χ1v) is 5.94. The number of hydrogen-bond donors (Lipinski definition) is 1. The Bertz CT molecular complexity index is 477. The lowest BCUT2D eigenvalue weighted by molar-refractivity contribution is 0.682. The number of benzene rings is 1. The molecule has 0 spiro atoms. The Kier molecular flexibility index (Phi) is 2.15. The fourth-order valence-electron chi connectivity index (χ4n) is 1.38. The Labute approximate surface area is 85.0 Å². The summed E-state index contributed by atoms with van der Waals surface area (Å²) in [5.74, 6) is 0. The summed E-state index contributed by atoms with van der Waals surface area (Å²) in [6.45, 7) is 4.10. The van der Waals surface area contributed by atoms with Gasteiger partial charge >= 0.3 is 0 Å². The summed E-state index contributed by atoms with van der Waals surface area (Å²) >= 11 is 0. The summed E-state index contributed by atoms with van der Waals surface area (Å²) in [7, 11) is -1.04. The van der Waals surface area contributed by atoms with E-state index in [9.17, 15) is 4.21 Å². The van der Waals surface area contributed by atoms with Gasteiger partial charge in [0.1, 0.15) is 0 Å². The van der Waals surface area contributed by atoms with E-state index in [1.807, 2.05) is 19.1 Å². The van der Waals surface area contributed by atoms with Crippen LogP contribution in [0.2, 0.25) is 0 Å². The molecule has 0 saturated carbocycles. The molecule has 74 valence electrons. The lowest BCUT2D eigenvalue weighted by Gasteiger charge is -1.97. The van der Waals surface area contributed by atoms with Crippen molar-refractivity contribution in [1.29, 1.82) is 0 Å². The zero-order valence-corrected chi connectivity index (χ0v) is 9.23. The number of aromatic amines is 1. The third-order valence-electron chi connectivity index (χ3n) is 2.35. The fourth-order valence-corrected chi connectivity index (χ4v) is 1.86. The standard InChI is InChI=1S/C10H12N2OS/c1-6-4-8-9(5-7(6)2)12-10(11-8)14(3)13/h4-5H,1-3H3,(H,11,12). The second kappa shape index (κ2) is 3.20. The van der Waals surface area contributed by atoms with Crippen LogP contribution >= 0.6 is 0 Å². The highest BCUT2D eigenvalue weighted by molar-refractivity contribution is 7.84. The first-order valence-electron chi connectivity index (χ1n) is 4.38. The molecule has 4 heteroatoms. The smallest absolute Gasteiger partial charge is 0.197 e. The second-order valence-corrected chi connectivity index (χ2v) is 4.74. The van der Waals surface area contributed by atoms with E-state index in [0.717, 1.165) is 11.0 Å². The van der Waals surface area contributed by atoms with E-state index >= 15 is 0 Å². The van der Waals surface area contributed by atoms with Gasteiger partial charge in [0.25, 0.3) is 0 Å². The Hall–Kier alpha value is -1.16. The molecule has 14 heavy (non-hydrogen) atoms. The van der Waals surface area contributed by atoms with Crippen molar-refractivity contribution in [3.8, 4) is 0 Å². The highest BCUT2D eigenvalue weighted by Gasteiger charge is 2.06. The van der Waals surface area contributed by atoms with Crippen LogP contribution in [-0.4, -0.2) is 20.4 Å². The van der Waals surface area contributed by atoms with Gasteiger partial charge in [-0.15, -0.1) is 0 Å². The minimum Gasteiger partial charge on any atom is -0.331 e. The minimum absolute atomic E-state index is 0.546. The van der Waals surface area contributed by atoms with Crippen molar-refractivity contribution in [3.63, 3.8) is 0 Å². The van der Waals surface area contributed by atoms with Crippen LogP contribution in [0.5, 0.6) is 0 Å². The molecule has 0 aliphatic heterocycles. The monoisotopic (exact) mass is 208 g/mol. The zero-order chi connectivity index (χ0) is 10.3. The third kappa shape index (κ3) is 1.46. The molecule has 0 radical (unpaired) electrons. The maximum Gasteiger partial charge on any atom is 0.197 e. The van der Waals surface area contributed by atoms with Gasteiger partial charge < -0.3 is 4.98 Å². The summed E-state index contributed by atoms with van der Waals surface area (Å²) in [5.41, 5.74) is 4.27. The molecule has 1 aromatic carbocycles.